The van der Waals surface area contributed by atoms with Gasteiger partial charge in [0.25, 0.3) is 0 Å². The molecule has 0 saturated heterocycles. The first-order valence-corrected chi connectivity index (χ1v) is 7.93. The minimum atomic E-state index is -0.0731. The van der Waals surface area contributed by atoms with Gasteiger partial charge in [-0.3, -0.25) is 0 Å². The zero-order valence-corrected chi connectivity index (χ0v) is 12.8. The van der Waals surface area contributed by atoms with Crippen molar-refractivity contribution >= 4 is 22.6 Å². The minimum Gasteiger partial charge on any atom is -0.328 e. The molecule has 2 aromatic rings. The number of rotatable bonds is 3. The van der Waals surface area contributed by atoms with Crippen LogP contribution in [0.15, 0.2) is 18.2 Å². The fourth-order valence-corrected chi connectivity index (χ4v) is 3.55. The Morgan fingerprint density at radius 3 is 2.75 bits per heavy atom. The van der Waals surface area contributed by atoms with Gasteiger partial charge in [0.05, 0.1) is 11.0 Å². The van der Waals surface area contributed by atoms with E-state index in [2.05, 4.69) is 11.5 Å². The summed E-state index contributed by atoms with van der Waals surface area (Å²) in [7, 11) is 0. The number of imidazole rings is 1. The zero-order valence-electron chi connectivity index (χ0n) is 12.0. The van der Waals surface area contributed by atoms with E-state index >= 15 is 0 Å². The van der Waals surface area contributed by atoms with Gasteiger partial charge in [0.1, 0.15) is 5.82 Å². The second-order valence-electron chi connectivity index (χ2n) is 6.01. The predicted molar refractivity (Wildman–Crippen MR) is 84.1 cm³/mol. The van der Waals surface area contributed by atoms with Gasteiger partial charge in [-0.1, -0.05) is 30.9 Å². The molecular weight excluding hydrogens is 270 g/mol. The zero-order chi connectivity index (χ0) is 14.2. The third-order valence-corrected chi connectivity index (χ3v) is 4.70. The van der Waals surface area contributed by atoms with Crippen molar-refractivity contribution in [2.75, 3.05) is 0 Å². The van der Waals surface area contributed by atoms with Crippen molar-refractivity contribution in [2.24, 2.45) is 5.73 Å². The highest BCUT2D eigenvalue weighted by Crippen LogP contribution is 2.30. The molecule has 108 valence electrons. The van der Waals surface area contributed by atoms with Crippen molar-refractivity contribution in [1.29, 1.82) is 0 Å². The predicted octanol–water partition coefficient (Wildman–Crippen LogP) is 3.91. The summed E-state index contributed by atoms with van der Waals surface area (Å²) in [6, 6.07) is 5.90. The molecule has 0 unspecified atom stereocenters. The summed E-state index contributed by atoms with van der Waals surface area (Å²) >= 11 is 6.11. The Labute approximate surface area is 125 Å². The number of nitrogens with two attached hydrogens (primary N) is 1. The van der Waals surface area contributed by atoms with Gasteiger partial charge in [-0.05, 0) is 38.0 Å². The molecule has 2 N–H and O–H groups in total. The Balaban J connectivity index is 1.98. The molecule has 1 aliphatic rings. The third kappa shape index (κ3) is 2.57. The van der Waals surface area contributed by atoms with E-state index in [0.29, 0.717) is 0 Å². The summed E-state index contributed by atoms with van der Waals surface area (Å²) < 4.78 is 2.25. The van der Waals surface area contributed by atoms with Crippen molar-refractivity contribution in [3.63, 3.8) is 0 Å². The van der Waals surface area contributed by atoms with Gasteiger partial charge in [-0.2, -0.15) is 0 Å². The van der Waals surface area contributed by atoms with E-state index in [0.717, 1.165) is 47.7 Å². The lowest BCUT2D eigenvalue weighted by Crippen LogP contribution is -2.44. The maximum Gasteiger partial charge on any atom is 0.111 e. The van der Waals surface area contributed by atoms with Gasteiger partial charge in [0, 0.05) is 23.5 Å². The number of fused-ring (bicyclic) bond motifs is 1. The Hall–Kier alpha value is -1.06. The van der Waals surface area contributed by atoms with Crippen LogP contribution in [0.3, 0.4) is 0 Å². The Kier molecular flexibility index (Phi) is 3.74. The molecule has 1 aliphatic carbocycles. The molecule has 3 rings (SSSR count). The van der Waals surface area contributed by atoms with Crippen LogP contribution in [0.2, 0.25) is 5.02 Å². The van der Waals surface area contributed by atoms with E-state index in [1.165, 1.54) is 19.3 Å². The van der Waals surface area contributed by atoms with Crippen LogP contribution in [0.1, 0.15) is 44.9 Å². The van der Waals surface area contributed by atoms with Gasteiger partial charge in [0.2, 0.25) is 0 Å². The van der Waals surface area contributed by atoms with Crippen LogP contribution in [0.5, 0.6) is 0 Å². The molecule has 0 atom stereocenters. The van der Waals surface area contributed by atoms with Crippen LogP contribution in [0.4, 0.5) is 0 Å². The number of hydrogen-bond donors (Lipinski definition) is 1. The summed E-state index contributed by atoms with van der Waals surface area (Å²) in [5, 5.41) is 0.763. The van der Waals surface area contributed by atoms with Gasteiger partial charge >= 0.3 is 0 Å². The third-order valence-electron chi connectivity index (χ3n) is 4.47. The molecule has 0 bridgehead atoms. The molecular formula is C16H22ClN3. The molecule has 1 aromatic carbocycles. The SMILES string of the molecule is CCn1c(CC2(N)CCCCC2)nc2ccc(Cl)cc21. The Bertz CT molecular complexity index is 611. The molecule has 3 nitrogen and oxygen atoms in total. The van der Waals surface area contributed by atoms with E-state index in [1.807, 2.05) is 18.2 Å². The smallest absolute Gasteiger partial charge is 0.111 e. The summed E-state index contributed by atoms with van der Waals surface area (Å²) in [5.74, 6) is 1.11. The molecule has 1 heterocycles. The fraction of sp³-hybridized carbons (Fsp3) is 0.562. The van der Waals surface area contributed by atoms with Crippen molar-refractivity contribution < 1.29 is 0 Å². The molecule has 0 radical (unpaired) electrons. The van der Waals surface area contributed by atoms with E-state index in [9.17, 15) is 0 Å². The number of halogens is 1. The van der Waals surface area contributed by atoms with Gasteiger partial charge < -0.3 is 10.3 Å². The lowest BCUT2D eigenvalue weighted by molar-refractivity contribution is 0.287. The van der Waals surface area contributed by atoms with E-state index in [1.54, 1.807) is 0 Å². The molecule has 1 fully saturated rings. The molecule has 20 heavy (non-hydrogen) atoms. The van der Waals surface area contributed by atoms with E-state index in [-0.39, 0.29) is 5.54 Å². The van der Waals surface area contributed by atoms with Gasteiger partial charge in [-0.25, -0.2) is 4.98 Å². The normalized spacial score (nSPS) is 18.6. The fourth-order valence-electron chi connectivity index (χ4n) is 3.38. The van der Waals surface area contributed by atoms with Crippen molar-refractivity contribution in [3.8, 4) is 0 Å². The van der Waals surface area contributed by atoms with E-state index in [4.69, 9.17) is 22.3 Å². The molecule has 0 spiro atoms. The summed E-state index contributed by atoms with van der Waals surface area (Å²) in [6.07, 6.45) is 6.90. The first kappa shape index (κ1) is 13.9. The highest BCUT2D eigenvalue weighted by atomic mass is 35.5. The van der Waals surface area contributed by atoms with Crippen molar-refractivity contribution in [2.45, 2.75) is 57.5 Å². The van der Waals surface area contributed by atoms with Crippen LogP contribution in [-0.4, -0.2) is 15.1 Å². The highest BCUT2D eigenvalue weighted by molar-refractivity contribution is 6.31. The highest BCUT2D eigenvalue weighted by Gasteiger charge is 2.29. The molecule has 1 aromatic heterocycles. The lowest BCUT2D eigenvalue weighted by Gasteiger charge is -2.33. The number of nitrogens with zero attached hydrogens (tertiary/aromatic N) is 2. The lowest BCUT2D eigenvalue weighted by atomic mass is 9.80. The van der Waals surface area contributed by atoms with Crippen LogP contribution >= 0.6 is 11.6 Å². The van der Waals surface area contributed by atoms with Crippen LogP contribution in [0, 0.1) is 0 Å². The largest absolute Gasteiger partial charge is 0.328 e. The van der Waals surface area contributed by atoms with Crippen LogP contribution in [0.25, 0.3) is 11.0 Å². The first-order valence-electron chi connectivity index (χ1n) is 7.55. The maximum absolute atomic E-state index is 6.59. The first-order chi connectivity index (χ1) is 9.61. The van der Waals surface area contributed by atoms with Crippen molar-refractivity contribution in [1.82, 2.24) is 9.55 Å². The second-order valence-corrected chi connectivity index (χ2v) is 6.44. The molecule has 0 aliphatic heterocycles. The standard InChI is InChI=1S/C16H22ClN3/c1-2-20-14-10-12(17)6-7-13(14)19-15(20)11-16(18)8-4-3-5-9-16/h6-7,10H,2-5,8-9,11,18H2,1H3. The van der Waals surface area contributed by atoms with E-state index < -0.39 is 0 Å². The average molecular weight is 292 g/mol. The average Bonchev–Trinajstić information content (AvgIpc) is 2.75. The minimum absolute atomic E-state index is 0.0731. The number of hydrogen-bond acceptors (Lipinski definition) is 2. The Morgan fingerprint density at radius 1 is 1.30 bits per heavy atom. The van der Waals surface area contributed by atoms with Gasteiger partial charge in [-0.15, -0.1) is 0 Å². The number of aromatic nitrogens is 2. The molecule has 0 amide bonds. The monoisotopic (exact) mass is 291 g/mol. The summed E-state index contributed by atoms with van der Waals surface area (Å²) in [5.41, 5.74) is 8.65. The number of aryl methyl sites for hydroxylation is 1. The van der Waals surface area contributed by atoms with Crippen LogP contribution in [-0.2, 0) is 13.0 Å². The summed E-state index contributed by atoms with van der Waals surface area (Å²) in [4.78, 5) is 4.79. The Morgan fingerprint density at radius 2 is 2.05 bits per heavy atom. The number of benzene rings is 1. The molecule has 4 heteroatoms. The molecule has 1 saturated carbocycles. The topological polar surface area (TPSA) is 43.8 Å². The van der Waals surface area contributed by atoms with Gasteiger partial charge in [0.15, 0.2) is 0 Å². The second kappa shape index (κ2) is 5.38. The van der Waals surface area contributed by atoms with Crippen LogP contribution < -0.4 is 5.73 Å². The summed E-state index contributed by atoms with van der Waals surface area (Å²) in [6.45, 7) is 3.05. The van der Waals surface area contributed by atoms with Crippen molar-refractivity contribution in [3.05, 3.63) is 29.0 Å². The quantitative estimate of drug-likeness (QED) is 0.931. The maximum atomic E-state index is 6.59.